The highest BCUT2D eigenvalue weighted by atomic mass is 35.5. The van der Waals surface area contributed by atoms with Gasteiger partial charge < -0.3 is 4.90 Å². The number of rotatable bonds is 4. The second kappa shape index (κ2) is 8.22. The molecule has 3 aromatic rings. The first-order valence-corrected chi connectivity index (χ1v) is 10.8. The van der Waals surface area contributed by atoms with Crippen molar-refractivity contribution in [2.75, 3.05) is 16.5 Å². The van der Waals surface area contributed by atoms with Crippen LogP contribution in [0.3, 0.4) is 0 Å². The van der Waals surface area contributed by atoms with Crippen molar-refractivity contribution >= 4 is 28.9 Å². The van der Waals surface area contributed by atoms with E-state index in [0.717, 1.165) is 22.5 Å². The Hall–Kier alpha value is -3.08. The van der Waals surface area contributed by atoms with Crippen LogP contribution in [-0.2, 0) is 9.63 Å². The molecule has 3 aromatic carbocycles. The molecule has 2 aliphatic rings. The molecule has 0 unspecified atom stereocenters. The van der Waals surface area contributed by atoms with Gasteiger partial charge in [0.25, 0.3) is 0 Å². The van der Waals surface area contributed by atoms with E-state index in [4.69, 9.17) is 16.4 Å². The van der Waals surface area contributed by atoms with Crippen molar-refractivity contribution in [1.29, 1.82) is 0 Å². The number of carbonyl (C=O) groups excluding carboxylic acids is 1. The van der Waals surface area contributed by atoms with E-state index in [-0.39, 0.29) is 24.0 Å². The minimum Gasteiger partial charge on any atom is -0.304 e. The van der Waals surface area contributed by atoms with Crippen molar-refractivity contribution in [2.45, 2.75) is 19.1 Å². The Morgan fingerprint density at radius 1 is 0.903 bits per heavy atom. The number of halogens is 1. The van der Waals surface area contributed by atoms with Crippen molar-refractivity contribution in [3.05, 3.63) is 107 Å². The van der Waals surface area contributed by atoms with Crippen LogP contribution in [-0.4, -0.2) is 18.6 Å². The number of hydrogen-bond acceptors (Lipinski definition) is 3. The molecule has 31 heavy (non-hydrogen) atoms. The summed E-state index contributed by atoms with van der Waals surface area (Å²) >= 11 is 6.13. The largest absolute Gasteiger partial charge is 0.304 e. The fourth-order valence-electron chi connectivity index (χ4n) is 4.30. The second-order valence-electron chi connectivity index (χ2n) is 7.96. The Morgan fingerprint density at radius 2 is 1.61 bits per heavy atom. The van der Waals surface area contributed by atoms with Gasteiger partial charge in [0.05, 0.1) is 24.2 Å². The topological polar surface area (TPSA) is 32.8 Å². The zero-order valence-corrected chi connectivity index (χ0v) is 17.9. The fourth-order valence-corrected chi connectivity index (χ4v) is 4.43. The molecule has 0 spiro atoms. The van der Waals surface area contributed by atoms with Gasteiger partial charge in [-0.15, -0.1) is 0 Å². The van der Waals surface area contributed by atoms with Crippen LogP contribution in [0.4, 0.5) is 11.4 Å². The number of hydroxylamine groups is 1. The summed E-state index contributed by atoms with van der Waals surface area (Å²) in [6.45, 7) is 2.69. The number of carbonyl (C=O) groups is 1. The summed E-state index contributed by atoms with van der Waals surface area (Å²) in [7, 11) is 0. The predicted octanol–water partition coefficient (Wildman–Crippen LogP) is 5.73. The fraction of sp³-hybridized carbons (Fsp3) is 0.192. The molecule has 4 nitrogen and oxygen atoms in total. The zero-order valence-electron chi connectivity index (χ0n) is 17.2. The Kier molecular flexibility index (Phi) is 5.26. The van der Waals surface area contributed by atoms with E-state index in [9.17, 15) is 4.79 Å². The molecule has 1 fully saturated rings. The van der Waals surface area contributed by atoms with Gasteiger partial charge in [-0.3, -0.25) is 9.63 Å². The summed E-state index contributed by atoms with van der Waals surface area (Å²) in [5.41, 5.74) is 4.07. The van der Waals surface area contributed by atoms with Crippen LogP contribution in [0.2, 0.25) is 5.02 Å². The van der Waals surface area contributed by atoms with Crippen LogP contribution in [0.5, 0.6) is 0 Å². The molecule has 2 heterocycles. The number of benzene rings is 3. The molecule has 0 N–H and O–H groups in total. The summed E-state index contributed by atoms with van der Waals surface area (Å²) in [4.78, 5) is 21.6. The van der Waals surface area contributed by atoms with E-state index in [0.29, 0.717) is 11.6 Å². The molecular formula is C26H23ClN2O2. The van der Waals surface area contributed by atoms with Gasteiger partial charge in [0.1, 0.15) is 6.10 Å². The molecule has 5 heteroatoms. The van der Waals surface area contributed by atoms with E-state index >= 15 is 0 Å². The van der Waals surface area contributed by atoms with Gasteiger partial charge in [0.15, 0.2) is 0 Å². The van der Waals surface area contributed by atoms with Gasteiger partial charge in [-0.05, 0) is 48.9 Å². The summed E-state index contributed by atoms with van der Waals surface area (Å²) in [5, 5.41) is 2.53. The monoisotopic (exact) mass is 430 g/mol. The summed E-state index contributed by atoms with van der Waals surface area (Å²) < 4.78 is 0. The molecule has 3 atom stereocenters. The highest BCUT2D eigenvalue weighted by molar-refractivity contribution is 6.30. The lowest BCUT2D eigenvalue weighted by Gasteiger charge is -2.50. The van der Waals surface area contributed by atoms with E-state index in [1.54, 1.807) is 0 Å². The molecule has 156 valence electrons. The molecular weight excluding hydrogens is 408 g/mol. The third-order valence-electron chi connectivity index (χ3n) is 5.91. The van der Waals surface area contributed by atoms with Crippen molar-refractivity contribution in [3.8, 4) is 0 Å². The van der Waals surface area contributed by atoms with Crippen LogP contribution in [0.1, 0.15) is 17.2 Å². The maximum atomic E-state index is 13.4. The average Bonchev–Trinajstić information content (AvgIpc) is 2.80. The number of aryl methyl sites for hydroxylation is 1. The summed E-state index contributed by atoms with van der Waals surface area (Å²) in [6, 6.07) is 25.6. The minimum atomic E-state index is -0.344. The maximum Gasteiger partial charge on any atom is 0.236 e. The number of para-hydroxylation sites is 1. The van der Waals surface area contributed by atoms with Gasteiger partial charge in [0.2, 0.25) is 5.91 Å². The molecule has 1 saturated heterocycles. The molecule has 2 aliphatic heterocycles. The maximum absolute atomic E-state index is 13.4. The van der Waals surface area contributed by atoms with Gasteiger partial charge in [-0.25, -0.2) is 5.06 Å². The Morgan fingerprint density at radius 3 is 2.32 bits per heavy atom. The quantitative estimate of drug-likeness (QED) is 0.391. The van der Waals surface area contributed by atoms with Crippen LogP contribution < -0.4 is 9.96 Å². The third kappa shape index (κ3) is 3.73. The highest BCUT2D eigenvalue weighted by Gasteiger charge is 2.53. The standard InChI is InChI=1S/C26H23ClN2O2/c1-18-9-15-22(16-10-18)29-25(19-11-13-20(27)14-12-19)24(26(29)30)23-8-5-17-28(31-23)21-6-3-2-4-7-21/h2-16,23-25H,17H2,1H3/t23-,24+,25+/m1/s1. The highest BCUT2D eigenvalue weighted by Crippen LogP contribution is 2.47. The molecule has 0 aromatic heterocycles. The smallest absolute Gasteiger partial charge is 0.236 e. The lowest BCUT2D eigenvalue weighted by atomic mass is 9.78. The predicted molar refractivity (Wildman–Crippen MR) is 124 cm³/mol. The lowest BCUT2D eigenvalue weighted by molar-refractivity contribution is -0.137. The second-order valence-corrected chi connectivity index (χ2v) is 8.40. The molecule has 0 radical (unpaired) electrons. The molecule has 5 rings (SSSR count). The van der Waals surface area contributed by atoms with Crippen LogP contribution in [0.25, 0.3) is 0 Å². The molecule has 0 aliphatic carbocycles. The number of amides is 1. The van der Waals surface area contributed by atoms with E-state index in [1.165, 1.54) is 0 Å². The Bertz CT molecular complexity index is 1100. The van der Waals surface area contributed by atoms with Crippen LogP contribution >= 0.6 is 11.6 Å². The Labute approximate surface area is 187 Å². The molecule has 0 saturated carbocycles. The molecule has 1 amide bonds. The lowest BCUT2D eigenvalue weighted by Crippen LogP contribution is -2.60. The number of β-lactam (4-membered cyclic amide) rings is 1. The number of nitrogens with zero attached hydrogens (tertiary/aromatic N) is 2. The third-order valence-corrected chi connectivity index (χ3v) is 6.16. The number of anilines is 2. The first kappa shape index (κ1) is 19.9. The van der Waals surface area contributed by atoms with Crippen molar-refractivity contribution in [3.63, 3.8) is 0 Å². The van der Waals surface area contributed by atoms with Crippen molar-refractivity contribution in [1.82, 2.24) is 0 Å². The molecule has 0 bridgehead atoms. The number of hydrogen-bond donors (Lipinski definition) is 0. The van der Waals surface area contributed by atoms with Crippen LogP contribution in [0.15, 0.2) is 91.0 Å². The van der Waals surface area contributed by atoms with Gasteiger partial charge in [0, 0.05) is 10.7 Å². The summed E-state index contributed by atoms with van der Waals surface area (Å²) in [5.74, 6) is -0.251. The summed E-state index contributed by atoms with van der Waals surface area (Å²) in [6.07, 6.45) is 3.74. The van der Waals surface area contributed by atoms with Crippen molar-refractivity contribution in [2.24, 2.45) is 5.92 Å². The van der Waals surface area contributed by atoms with Gasteiger partial charge >= 0.3 is 0 Å². The SMILES string of the molecule is Cc1ccc(N2C(=O)[C@@H]([C@H]3C=CCN(c4ccccc4)O3)[C@@H]2c2ccc(Cl)cc2)cc1. The first-order valence-electron chi connectivity index (χ1n) is 10.4. The van der Waals surface area contributed by atoms with Crippen molar-refractivity contribution < 1.29 is 9.63 Å². The van der Waals surface area contributed by atoms with Gasteiger partial charge in [-0.2, -0.15) is 0 Å². The van der Waals surface area contributed by atoms with Gasteiger partial charge in [-0.1, -0.05) is 71.8 Å². The average molecular weight is 431 g/mol. The first-order chi connectivity index (χ1) is 15.1. The minimum absolute atomic E-state index is 0.0633. The van der Waals surface area contributed by atoms with Crippen LogP contribution in [0, 0.1) is 12.8 Å². The zero-order chi connectivity index (χ0) is 21.4. The van der Waals surface area contributed by atoms with E-state index < -0.39 is 0 Å². The normalized spacial score (nSPS) is 23.0. The Balaban J connectivity index is 1.47. The van der Waals surface area contributed by atoms with E-state index in [1.807, 2.05) is 102 Å². The van der Waals surface area contributed by atoms with E-state index in [2.05, 4.69) is 6.08 Å².